The predicted octanol–water partition coefficient (Wildman–Crippen LogP) is 3.19. The largest absolute Gasteiger partial charge is 0.370 e. The summed E-state index contributed by atoms with van der Waals surface area (Å²) in [7, 11) is 0. The van der Waals surface area contributed by atoms with Crippen LogP contribution in [0.5, 0.6) is 0 Å². The maximum absolute atomic E-state index is 13.0. The van der Waals surface area contributed by atoms with Gasteiger partial charge in [-0.25, -0.2) is 0 Å². The Morgan fingerprint density at radius 2 is 1.71 bits per heavy atom. The molecule has 3 aromatic rings. The Balaban J connectivity index is 1.57. The molecule has 142 valence electrons. The number of primary amides is 1. The number of nitrogens with one attached hydrogen (secondary N) is 1. The van der Waals surface area contributed by atoms with Gasteiger partial charge in [0.2, 0.25) is 5.91 Å². The third-order valence-corrected chi connectivity index (χ3v) is 5.28. The van der Waals surface area contributed by atoms with E-state index in [-0.39, 0.29) is 17.7 Å². The Labute approximate surface area is 163 Å². The van der Waals surface area contributed by atoms with E-state index in [1.807, 2.05) is 54.6 Å². The van der Waals surface area contributed by atoms with Crippen molar-refractivity contribution >= 4 is 34.0 Å². The Morgan fingerprint density at radius 3 is 2.50 bits per heavy atom. The molecule has 0 saturated carbocycles. The topological polar surface area (TPSA) is 88.3 Å². The van der Waals surface area contributed by atoms with Crippen molar-refractivity contribution in [2.45, 2.75) is 12.8 Å². The molecule has 2 amide bonds. The molecule has 6 heteroatoms. The van der Waals surface area contributed by atoms with Gasteiger partial charge in [-0.3, -0.25) is 14.6 Å². The highest BCUT2D eigenvalue weighted by Crippen LogP contribution is 2.30. The number of carbonyl (C=O) groups is 2. The van der Waals surface area contributed by atoms with Gasteiger partial charge < -0.3 is 16.0 Å². The van der Waals surface area contributed by atoms with E-state index in [0.717, 1.165) is 48.1 Å². The summed E-state index contributed by atoms with van der Waals surface area (Å²) >= 11 is 0. The number of nitrogens with zero attached hydrogens (tertiary/aromatic N) is 2. The molecule has 0 aliphatic carbocycles. The number of amides is 2. The van der Waals surface area contributed by atoms with Crippen molar-refractivity contribution in [3.63, 3.8) is 0 Å². The van der Waals surface area contributed by atoms with Gasteiger partial charge >= 0.3 is 0 Å². The summed E-state index contributed by atoms with van der Waals surface area (Å²) in [5, 5.41) is 4.81. The summed E-state index contributed by atoms with van der Waals surface area (Å²) in [6, 6.07) is 17.3. The lowest BCUT2D eigenvalue weighted by Crippen LogP contribution is -2.38. The molecule has 1 aromatic heterocycles. The van der Waals surface area contributed by atoms with Crippen LogP contribution in [0.25, 0.3) is 10.8 Å². The summed E-state index contributed by atoms with van der Waals surface area (Å²) < 4.78 is 0. The molecule has 1 fully saturated rings. The van der Waals surface area contributed by atoms with Gasteiger partial charge in [0.15, 0.2) is 0 Å². The Morgan fingerprint density at radius 1 is 1.00 bits per heavy atom. The minimum absolute atomic E-state index is 0.0714. The molecule has 0 bridgehead atoms. The first-order chi connectivity index (χ1) is 13.6. The second-order valence-corrected chi connectivity index (χ2v) is 7.02. The fourth-order valence-electron chi connectivity index (χ4n) is 3.74. The van der Waals surface area contributed by atoms with Crippen LogP contribution in [0.4, 0.5) is 11.4 Å². The molecule has 0 atom stereocenters. The average Bonchev–Trinajstić information content (AvgIpc) is 2.74. The molecule has 0 radical (unpaired) electrons. The number of fused-ring (bicyclic) bond motifs is 1. The molecule has 1 aliphatic rings. The van der Waals surface area contributed by atoms with Gasteiger partial charge in [-0.2, -0.15) is 0 Å². The number of nitrogens with two attached hydrogens (primary N) is 1. The maximum atomic E-state index is 13.0. The number of hydrogen-bond donors (Lipinski definition) is 2. The minimum atomic E-state index is -0.240. The second-order valence-electron chi connectivity index (χ2n) is 7.02. The predicted molar refractivity (Wildman–Crippen MR) is 110 cm³/mol. The molecular weight excluding hydrogens is 352 g/mol. The van der Waals surface area contributed by atoms with E-state index in [1.165, 1.54) is 0 Å². The van der Waals surface area contributed by atoms with Gasteiger partial charge in [0, 0.05) is 30.6 Å². The Bertz CT molecular complexity index is 1020. The standard InChI is InChI=1S/C22H22N4O2/c23-21(27)16-10-13-26(14-11-16)19-8-4-3-7-18(19)25-22(28)20-17-6-2-1-5-15(17)9-12-24-20/h1-9,12,16H,10-11,13-14H2,(H2,23,27)(H,25,28). The molecule has 1 saturated heterocycles. The van der Waals surface area contributed by atoms with E-state index in [2.05, 4.69) is 15.2 Å². The highest BCUT2D eigenvalue weighted by Gasteiger charge is 2.25. The van der Waals surface area contributed by atoms with Crippen LogP contribution < -0.4 is 16.0 Å². The minimum Gasteiger partial charge on any atom is -0.370 e. The molecule has 1 aliphatic heterocycles. The molecule has 6 nitrogen and oxygen atoms in total. The number of hydrogen-bond acceptors (Lipinski definition) is 4. The fraction of sp³-hybridized carbons (Fsp3) is 0.227. The number of benzene rings is 2. The lowest BCUT2D eigenvalue weighted by atomic mass is 9.96. The van der Waals surface area contributed by atoms with Crippen LogP contribution in [0.3, 0.4) is 0 Å². The first kappa shape index (κ1) is 18.0. The number of aromatic nitrogens is 1. The number of pyridine rings is 1. The van der Waals surface area contributed by atoms with Crippen LogP contribution in [0.15, 0.2) is 60.8 Å². The zero-order chi connectivity index (χ0) is 19.5. The van der Waals surface area contributed by atoms with Crippen LogP contribution in [-0.2, 0) is 4.79 Å². The lowest BCUT2D eigenvalue weighted by molar-refractivity contribution is -0.122. The number of para-hydroxylation sites is 2. The van der Waals surface area contributed by atoms with Crippen molar-refractivity contribution in [2.75, 3.05) is 23.3 Å². The third kappa shape index (κ3) is 3.53. The molecule has 0 spiro atoms. The van der Waals surface area contributed by atoms with Crippen LogP contribution >= 0.6 is 0 Å². The molecule has 2 heterocycles. The summed E-state index contributed by atoms with van der Waals surface area (Å²) in [5.41, 5.74) is 7.52. The van der Waals surface area contributed by atoms with Crippen LogP contribution in [0.2, 0.25) is 0 Å². The SMILES string of the molecule is NC(=O)C1CCN(c2ccccc2NC(=O)c2nccc3ccccc23)CC1. The molecule has 3 N–H and O–H groups in total. The molecule has 0 unspecified atom stereocenters. The van der Waals surface area contributed by atoms with Crippen molar-refractivity contribution in [1.29, 1.82) is 0 Å². The van der Waals surface area contributed by atoms with E-state index in [1.54, 1.807) is 6.20 Å². The quantitative estimate of drug-likeness (QED) is 0.734. The van der Waals surface area contributed by atoms with E-state index in [0.29, 0.717) is 5.69 Å². The molecule has 2 aromatic carbocycles. The van der Waals surface area contributed by atoms with Crippen LogP contribution in [0, 0.1) is 5.92 Å². The summed E-state index contributed by atoms with van der Waals surface area (Å²) in [6.45, 7) is 1.46. The Hall–Kier alpha value is -3.41. The van der Waals surface area contributed by atoms with Gasteiger partial charge in [-0.15, -0.1) is 0 Å². The smallest absolute Gasteiger partial charge is 0.274 e. The van der Waals surface area contributed by atoms with E-state index in [9.17, 15) is 9.59 Å². The number of carbonyl (C=O) groups excluding carboxylic acids is 2. The maximum Gasteiger partial charge on any atom is 0.274 e. The third-order valence-electron chi connectivity index (χ3n) is 5.28. The highest BCUT2D eigenvalue weighted by molar-refractivity contribution is 6.12. The van der Waals surface area contributed by atoms with Crippen molar-refractivity contribution in [2.24, 2.45) is 11.7 Å². The highest BCUT2D eigenvalue weighted by atomic mass is 16.2. The zero-order valence-corrected chi connectivity index (χ0v) is 15.5. The summed E-state index contributed by atoms with van der Waals surface area (Å²) in [6.07, 6.45) is 3.10. The lowest BCUT2D eigenvalue weighted by Gasteiger charge is -2.33. The zero-order valence-electron chi connectivity index (χ0n) is 15.5. The summed E-state index contributed by atoms with van der Waals surface area (Å²) in [4.78, 5) is 30.8. The van der Waals surface area contributed by atoms with E-state index in [4.69, 9.17) is 5.73 Å². The van der Waals surface area contributed by atoms with Crippen molar-refractivity contribution in [3.05, 3.63) is 66.5 Å². The van der Waals surface area contributed by atoms with Gasteiger partial charge in [0.1, 0.15) is 5.69 Å². The average molecular weight is 374 g/mol. The first-order valence-corrected chi connectivity index (χ1v) is 9.42. The fourth-order valence-corrected chi connectivity index (χ4v) is 3.74. The van der Waals surface area contributed by atoms with Gasteiger partial charge in [-0.1, -0.05) is 36.4 Å². The van der Waals surface area contributed by atoms with Crippen molar-refractivity contribution in [1.82, 2.24) is 4.98 Å². The Kier molecular flexibility index (Phi) is 4.93. The molecular formula is C22H22N4O2. The normalized spacial score (nSPS) is 14.8. The van der Waals surface area contributed by atoms with Crippen molar-refractivity contribution in [3.8, 4) is 0 Å². The van der Waals surface area contributed by atoms with Gasteiger partial charge in [0.25, 0.3) is 5.91 Å². The number of piperidine rings is 1. The number of rotatable bonds is 4. The molecule has 4 rings (SSSR count). The van der Waals surface area contributed by atoms with E-state index < -0.39 is 0 Å². The monoisotopic (exact) mass is 374 g/mol. The first-order valence-electron chi connectivity index (χ1n) is 9.42. The van der Waals surface area contributed by atoms with Crippen LogP contribution in [0.1, 0.15) is 23.3 Å². The van der Waals surface area contributed by atoms with E-state index >= 15 is 0 Å². The van der Waals surface area contributed by atoms with Gasteiger partial charge in [-0.05, 0) is 36.4 Å². The molecule has 28 heavy (non-hydrogen) atoms. The van der Waals surface area contributed by atoms with Crippen molar-refractivity contribution < 1.29 is 9.59 Å². The second kappa shape index (κ2) is 7.68. The summed E-state index contributed by atoms with van der Waals surface area (Å²) in [5.74, 6) is -0.544. The van der Waals surface area contributed by atoms with Crippen LogP contribution in [-0.4, -0.2) is 29.9 Å². The number of anilines is 2. The van der Waals surface area contributed by atoms with Gasteiger partial charge in [0.05, 0.1) is 11.4 Å².